The zero-order valence-electron chi connectivity index (χ0n) is 13.0. The number of rotatable bonds is 8. The zero-order chi connectivity index (χ0) is 13.4. The summed E-state index contributed by atoms with van der Waals surface area (Å²) in [6.07, 6.45) is 8.14. The fourth-order valence-electron chi connectivity index (χ4n) is 2.90. The van der Waals surface area contributed by atoms with E-state index in [4.69, 9.17) is 0 Å². The molecule has 1 rings (SSSR count). The van der Waals surface area contributed by atoms with E-state index in [2.05, 4.69) is 37.9 Å². The van der Waals surface area contributed by atoms with Gasteiger partial charge < -0.3 is 10.2 Å². The van der Waals surface area contributed by atoms with Crippen LogP contribution in [0.15, 0.2) is 0 Å². The van der Waals surface area contributed by atoms with Crippen LogP contribution in [0.5, 0.6) is 0 Å². The Balaban J connectivity index is 2.16. The van der Waals surface area contributed by atoms with Crippen molar-refractivity contribution in [1.29, 1.82) is 0 Å². The van der Waals surface area contributed by atoms with Gasteiger partial charge in [-0.3, -0.25) is 0 Å². The Labute approximate surface area is 115 Å². The van der Waals surface area contributed by atoms with Gasteiger partial charge in [-0.1, -0.05) is 33.1 Å². The molecule has 1 N–H and O–H groups in total. The van der Waals surface area contributed by atoms with Gasteiger partial charge in [0.25, 0.3) is 0 Å². The molecule has 0 spiro atoms. The minimum absolute atomic E-state index is 0.721. The first-order valence-electron chi connectivity index (χ1n) is 8.14. The summed E-state index contributed by atoms with van der Waals surface area (Å²) in [5.74, 6) is 0.896. The van der Waals surface area contributed by atoms with Crippen molar-refractivity contribution in [1.82, 2.24) is 10.2 Å². The van der Waals surface area contributed by atoms with Crippen LogP contribution in [0.1, 0.15) is 66.2 Å². The van der Waals surface area contributed by atoms with Crippen LogP contribution in [0.25, 0.3) is 0 Å². The minimum atomic E-state index is 0.721. The highest BCUT2D eigenvalue weighted by atomic mass is 15.2. The molecule has 0 amide bonds. The normalized spacial score (nSPS) is 20.5. The predicted molar refractivity (Wildman–Crippen MR) is 81.0 cm³/mol. The van der Waals surface area contributed by atoms with Gasteiger partial charge in [0.2, 0.25) is 0 Å². The van der Waals surface area contributed by atoms with Gasteiger partial charge in [-0.05, 0) is 58.7 Å². The number of nitrogens with one attached hydrogen (secondary N) is 1. The lowest BCUT2D eigenvalue weighted by atomic mass is 9.97. The third-order valence-corrected chi connectivity index (χ3v) is 4.50. The average Bonchev–Trinajstić information content (AvgIpc) is 2.39. The number of hydrogen-bond acceptors (Lipinski definition) is 2. The van der Waals surface area contributed by atoms with Gasteiger partial charge in [0.05, 0.1) is 0 Å². The van der Waals surface area contributed by atoms with E-state index in [0.29, 0.717) is 0 Å². The lowest BCUT2D eigenvalue weighted by Crippen LogP contribution is -2.45. The largest absolute Gasteiger partial charge is 0.314 e. The number of likely N-dealkylation sites (tertiary alicyclic amines) is 1. The fourth-order valence-corrected chi connectivity index (χ4v) is 2.90. The topological polar surface area (TPSA) is 15.3 Å². The van der Waals surface area contributed by atoms with Crippen LogP contribution in [-0.2, 0) is 0 Å². The Morgan fingerprint density at radius 2 is 1.83 bits per heavy atom. The van der Waals surface area contributed by atoms with E-state index in [0.717, 1.165) is 18.0 Å². The number of piperidine rings is 1. The molecule has 1 saturated heterocycles. The van der Waals surface area contributed by atoms with Crippen molar-refractivity contribution in [2.24, 2.45) is 5.92 Å². The molecule has 0 bridgehead atoms. The first kappa shape index (κ1) is 16.0. The van der Waals surface area contributed by atoms with Crippen LogP contribution in [0.3, 0.4) is 0 Å². The summed E-state index contributed by atoms with van der Waals surface area (Å²) < 4.78 is 0. The standard InChI is InChI=1S/C16H34N2/c1-5-7-8-15(6-2)13-17-16-9-11-18(12-10-16)14(3)4/h14-17H,5-13H2,1-4H3. The van der Waals surface area contributed by atoms with Crippen molar-refractivity contribution in [2.75, 3.05) is 19.6 Å². The van der Waals surface area contributed by atoms with E-state index >= 15 is 0 Å². The molecule has 0 aromatic rings. The highest BCUT2D eigenvalue weighted by Gasteiger charge is 2.20. The maximum absolute atomic E-state index is 3.81. The highest BCUT2D eigenvalue weighted by Crippen LogP contribution is 2.15. The van der Waals surface area contributed by atoms with Gasteiger partial charge in [-0.2, -0.15) is 0 Å². The van der Waals surface area contributed by atoms with Crippen molar-refractivity contribution in [3.05, 3.63) is 0 Å². The molecule has 18 heavy (non-hydrogen) atoms. The molecule has 108 valence electrons. The Morgan fingerprint density at radius 1 is 1.17 bits per heavy atom. The van der Waals surface area contributed by atoms with Crippen molar-refractivity contribution < 1.29 is 0 Å². The number of nitrogens with zero attached hydrogens (tertiary/aromatic N) is 1. The molecule has 0 aromatic heterocycles. The Morgan fingerprint density at radius 3 is 2.33 bits per heavy atom. The molecular formula is C16H34N2. The number of unbranched alkanes of at least 4 members (excludes halogenated alkanes) is 1. The van der Waals surface area contributed by atoms with Crippen LogP contribution in [-0.4, -0.2) is 36.6 Å². The predicted octanol–water partition coefficient (Wildman–Crippen LogP) is 3.67. The molecule has 0 saturated carbocycles. The molecular weight excluding hydrogens is 220 g/mol. The minimum Gasteiger partial charge on any atom is -0.314 e. The summed E-state index contributed by atoms with van der Waals surface area (Å²) in [4.78, 5) is 2.60. The average molecular weight is 254 g/mol. The summed E-state index contributed by atoms with van der Waals surface area (Å²) in [7, 11) is 0. The van der Waals surface area contributed by atoms with Crippen LogP contribution in [0, 0.1) is 5.92 Å². The van der Waals surface area contributed by atoms with Crippen molar-refractivity contribution >= 4 is 0 Å². The molecule has 2 heteroatoms. The van der Waals surface area contributed by atoms with E-state index in [1.807, 2.05) is 0 Å². The smallest absolute Gasteiger partial charge is 0.00915 e. The summed E-state index contributed by atoms with van der Waals surface area (Å²) in [5, 5.41) is 3.81. The molecule has 2 nitrogen and oxygen atoms in total. The molecule has 1 heterocycles. The van der Waals surface area contributed by atoms with E-state index < -0.39 is 0 Å². The molecule has 1 aliphatic heterocycles. The molecule has 1 fully saturated rings. The van der Waals surface area contributed by atoms with E-state index in [-0.39, 0.29) is 0 Å². The molecule has 0 radical (unpaired) electrons. The Kier molecular flexibility index (Phi) is 7.92. The third-order valence-electron chi connectivity index (χ3n) is 4.50. The SMILES string of the molecule is CCCCC(CC)CNC1CCN(C(C)C)CC1. The zero-order valence-corrected chi connectivity index (χ0v) is 13.0. The van der Waals surface area contributed by atoms with Gasteiger partial charge in [0.15, 0.2) is 0 Å². The van der Waals surface area contributed by atoms with Crippen molar-refractivity contribution in [2.45, 2.75) is 78.3 Å². The monoisotopic (exact) mass is 254 g/mol. The summed E-state index contributed by atoms with van der Waals surface area (Å²) in [6, 6.07) is 1.49. The molecule has 0 aliphatic carbocycles. The molecule has 1 unspecified atom stereocenters. The highest BCUT2D eigenvalue weighted by molar-refractivity contribution is 4.79. The third kappa shape index (κ3) is 5.71. The first-order valence-corrected chi connectivity index (χ1v) is 8.14. The van der Waals surface area contributed by atoms with Crippen LogP contribution in [0.4, 0.5) is 0 Å². The fraction of sp³-hybridized carbons (Fsp3) is 1.00. The maximum Gasteiger partial charge on any atom is 0.00915 e. The van der Waals surface area contributed by atoms with Crippen LogP contribution >= 0.6 is 0 Å². The number of hydrogen-bond donors (Lipinski definition) is 1. The molecule has 1 aliphatic rings. The van der Waals surface area contributed by atoms with Crippen LogP contribution in [0.2, 0.25) is 0 Å². The van der Waals surface area contributed by atoms with Gasteiger partial charge in [-0.15, -0.1) is 0 Å². The van der Waals surface area contributed by atoms with Crippen molar-refractivity contribution in [3.63, 3.8) is 0 Å². The lowest BCUT2D eigenvalue weighted by Gasteiger charge is -2.35. The second kappa shape index (κ2) is 8.92. The van der Waals surface area contributed by atoms with Gasteiger partial charge in [0.1, 0.15) is 0 Å². The molecule has 1 atom stereocenters. The van der Waals surface area contributed by atoms with Crippen LogP contribution < -0.4 is 5.32 Å². The second-order valence-corrected chi connectivity index (χ2v) is 6.23. The lowest BCUT2D eigenvalue weighted by molar-refractivity contribution is 0.158. The summed E-state index contributed by atoms with van der Waals surface area (Å²) in [6.45, 7) is 13.0. The molecule has 0 aromatic carbocycles. The van der Waals surface area contributed by atoms with E-state index in [1.165, 1.54) is 58.2 Å². The Bertz CT molecular complexity index is 195. The maximum atomic E-state index is 3.81. The summed E-state index contributed by atoms with van der Waals surface area (Å²) in [5.41, 5.74) is 0. The van der Waals surface area contributed by atoms with E-state index in [9.17, 15) is 0 Å². The second-order valence-electron chi connectivity index (χ2n) is 6.23. The summed E-state index contributed by atoms with van der Waals surface area (Å²) >= 11 is 0. The van der Waals surface area contributed by atoms with Crippen molar-refractivity contribution in [3.8, 4) is 0 Å². The van der Waals surface area contributed by atoms with Gasteiger partial charge >= 0.3 is 0 Å². The first-order chi connectivity index (χ1) is 8.67. The quantitative estimate of drug-likeness (QED) is 0.711. The Hall–Kier alpha value is -0.0800. The van der Waals surface area contributed by atoms with Gasteiger partial charge in [-0.25, -0.2) is 0 Å². The van der Waals surface area contributed by atoms with Gasteiger partial charge in [0, 0.05) is 12.1 Å². The van der Waals surface area contributed by atoms with E-state index in [1.54, 1.807) is 0 Å².